The molecule has 1 N–H and O–H groups in total. The van der Waals surface area contributed by atoms with E-state index in [2.05, 4.69) is 29.0 Å². The minimum absolute atomic E-state index is 0.139. The van der Waals surface area contributed by atoms with E-state index >= 15 is 0 Å². The molecule has 1 aliphatic rings. The Morgan fingerprint density at radius 1 is 1.23 bits per heavy atom. The third-order valence-electron chi connectivity index (χ3n) is 5.17. The highest BCUT2D eigenvalue weighted by atomic mass is 32.1. The van der Waals surface area contributed by atoms with Crippen molar-refractivity contribution in [1.82, 2.24) is 15.2 Å². The Morgan fingerprint density at radius 3 is 2.63 bits per heavy atom. The van der Waals surface area contributed by atoms with Crippen LogP contribution in [0.5, 0.6) is 11.5 Å². The predicted molar refractivity (Wildman–Crippen MR) is 119 cm³/mol. The second kappa shape index (κ2) is 10.7. The quantitative estimate of drug-likeness (QED) is 0.654. The third kappa shape index (κ3) is 5.71. The summed E-state index contributed by atoms with van der Waals surface area (Å²) in [5, 5.41) is 5.66. The van der Waals surface area contributed by atoms with Crippen LogP contribution in [0.1, 0.15) is 30.8 Å². The summed E-state index contributed by atoms with van der Waals surface area (Å²) < 4.78 is 16.1. The van der Waals surface area contributed by atoms with Crippen LogP contribution in [0.4, 0.5) is 0 Å². The largest absolute Gasteiger partial charge is 0.493 e. The topological polar surface area (TPSA) is 72.9 Å². The second-order valence-electron chi connectivity index (χ2n) is 7.75. The van der Waals surface area contributed by atoms with Crippen LogP contribution in [0.2, 0.25) is 0 Å². The molecule has 7 nitrogen and oxygen atoms in total. The highest BCUT2D eigenvalue weighted by molar-refractivity contribution is 7.13. The maximum absolute atomic E-state index is 12.7. The SMILES string of the molecule is COc1ccc(-c2nc(C(=O)NC[C@@H](CC(C)C)N3CCOCC3)cs2)cc1OC. The first kappa shape index (κ1) is 22.5. The number of aromatic nitrogens is 1. The molecule has 0 bridgehead atoms. The number of rotatable bonds is 9. The number of carbonyl (C=O) groups is 1. The number of amides is 1. The molecule has 0 spiro atoms. The van der Waals surface area contributed by atoms with Crippen molar-refractivity contribution in [1.29, 1.82) is 0 Å². The van der Waals surface area contributed by atoms with E-state index in [4.69, 9.17) is 14.2 Å². The monoisotopic (exact) mass is 433 g/mol. The summed E-state index contributed by atoms with van der Waals surface area (Å²) in [5.41, 5.74) is 1.33. The Balaban J connectivity index is 1.65. The molecule has 1 saturated heterocycles. The number of methoxy groups -OCH3 is 2. The fourth-order valence-corrected chi connectivity index (χ4v) is 4.43. The average Bonchev–Trinajstić information content (AvgIpc) is 3.26. The molecule has 1 aromatic heterocycles. The van der Waals surface area contributed by atoms with Crippen molar-refractivity contribution in [3.05, 3.63) is 29.3 Å². The Labute approximate surface area is 182 Å². The van der Waals surface area contributed by atoms with Crippen LogP contribution in [-0.2, 0) is 4.74 Å². The molecule has 0 radical (unpaired) electrons. The Morgan fingerprint density at radius 2 is 1.97 bits per heavy atom. The van der Waals surface area contributed by atoms with Crippen molar-refractivity contribution in [2.45, 2.75) is 26.3 Å². The fourth-order valence-electron chi connectivity index (χ4n) is 3.63. The number of nitrogens with zero attached hydrogens (tertiary/aromatic N) is 2. The van der Waals surface area contributed by atoms with Crippen molar-refractivity contribution in [2.75, 3.05) is 47.1 Å². The summed E-state index contributed by atoms with van der Waals surface area (Å²) in [6.45, 7) is 8.36. The van der Waals surface area contributed by atoms with Crippen LogP contribution in [-0.4, -0.2) is 68.9 Å². The fraction of sp³-hybridized carbons (Fsp3) is 0.545. The Bertz CT molecular complexity index is 834. The maximum Gasteiger partial charge on any atom is 0.270 e. The van der Waals surface area contributed by atoms with Gasteiger partial charge >= 0.3 is 0 Å². The van der Waals surface area contributed by atoms with E-state index in [0.29, 0.717) is 35.7 Å². The van der Waals surface area contributed by atoms with E-state index in [0.717, 1.165) is 43.3 Å². The lowest BCUT2D eigenvalue weighted by atomic mass is 10.0. The predicted octanol–water partition coefficient (Wildman–Crippen LogP) is 3.30. The summed E-state index contributed by atoms with van der Waals surface area (Å²) >= 11 is 1.44. The minimum atomic E-state index is -0.139. The van der Waals surface area contributed by atoms with Gasteiger partial charge in [-0.05, 0) is 30.5 Å². The maximum atomic E-state index is 12.7. The molecule has 0 unspecified atom stereocenters. The molecule has 1 atom stereocenters. The first-order chi connectivity index (χ1) is 14.5. The molecule has 2 heterocycles. The molecule has 8 heteroatoms. The number of thiazole rings is 1. The van der Waals surface area contributed by atoms with Crippen molar-refractivity contribution in [2.24, 2.45) is 5.92 Å². The zero-order chi connectivity index (χ0) is 21.5. The zero-order valence-corrected chi connectivity index (χ0v) is 19.0. The van der Waals surface area contributed by atoms with Crippen molar-refractivity contribution < 1.29 is 19.0 Å². The van der Waals surface area contributed by atoms with Gasteiger partial charge in [0, 0.05) is 36.6 Å². The lowest BCUT2D eigenvalue weighted by Gasteiger charge is -2.35. The first-order valence-electron chi connectivity index (χ1n) is 10.3. The van der Waals surface area contributed by atoms with Crippen LogP contribution in [0.25, 0.3) is 10.6 Å². The van der Waals surface area contributed by atoms with Crippen molar-refractivity contribution in [3.63, 3.8) is 0 Å². The normalized spacial score (nSPS) is 15.8. The highest BCUT2D eigenvalue weighted by Crippen LogP contribution is 2.33. The molecule has 2 aromatic rings. The Kier molecular flexibility index (Phi) is 8.07. The number of carbonyl (C=O) groups excluding carboxylic acids is 1. The van der Waals surface area contributed by atoms with Gasteiger partial charge in [-0.1, -0.05) is 13.8 Å². The van der Waals surface area contributed by atoms with Gasteiger partial charge < -0.3 is 19.5 Å². The van der Waals surface area contributed by atoms with Gasteiger partial charge in [0.2, 0.25) is 0 Å². The Hall–Kier alpha value is -2.16. The molecular weight excluding hydrogens is 402 g/mol. The summed E-state index contributed by atoms with van der Waals surface area (Å²) in [7, 11) is 3.21. The molecular formula is C22H31N3O4S. The zero-order valence-electron chi connectivity index (χ0n) is 18.1. The summed E-state index contributed by atoms with van der Waals surface area (Å²) in [6.07, 6.45) is 1.04. The molecule has 1 aromatic carbocycles. The van der Waals surface area contributed by atoms with Gasteiger partial charge in [-0.15, -0.1) is 11.3 Å². The molecule has 0 saturated carbocycles. The number of nitrogens with one attached hydrogen (secondary N) is 1. The summed E-state index contributed by atoms with van der Waals surface area (Å²) in [6, 6.07) is 5.94. The summed E-state index contributed by atoms with van der Waals surface area (Å²) in [5.74, 6) is 1.72. The lowest BCUT2D eigenvalue weighted by Crippen LogP contribution is -2.49. The smallest absolute Gasteiger partial charge is 0.270 e. The number of hydrogen-bond donors (Lipinski definition) is 1. The summed E-state index contributed by atoms with van der Waals surface area (Å²) in [4.78, 5) is 19.7. The highest BCUT2D eigenvalue weighted by Gasteiger charge is 2.23. The standard InChI is InChI=1S/C22H31N3O4S/c1-15(2)11-17(25-7-9-29-10-8-25)13-23-21(26)18-14-30-22(24-18)16-5-6-19(27-3)20(12-16)28-4/h5-6,12,14-15,17H,7-11,13H2,1-4H3,(H,23,26)/t17-/m1/s1. The lowest BCUT2D eigenvalue weighted by molar-refractivity contribution is 0.0124. The number of hydrogen-bond acceptors (Lipinski definition) is 7. The van der Waals surface area contributed by atoms with Crippen molar-refractivity contribution >= 4 is 17.2 Å². The number of morpholine rings is 1. The van der Waals surface area contributed by atoms with Gasteiger partial charge in [0.15, 0.2) is 11.5 Å². The second-order valence-corrected chi connectivity index (χ2v) is 8.61. The van der Waals surface area contributed by atoms with Crippen LogP contribution in [0.15, 0.2) is 23.6 Å². The van der Waals surface area contributed by atoms with E-state index in [1.54, 1.807) is 19.6 Å². The van der Waals surface area contributed by atoms with Crippen LogP contribution >= 0.6 is 11.3 Å². The van der Waals surface area contributed by atoms with E-state index in [-0.39, 0.29) is 5.91 Å². The van der Waals surface area contributed by atoms with Crippen LogP contribution < -0.4 is 14.8 Å². The van der Waals surface area contributed by atoms with Gasteiger partial charge in [0.25, 0.3) is 5.91 Å². The number of benzene rings is 1. The van der Waals surface area contributed by atoms with Gasteiger partial charge in [-0.3, -0.25) is 9.69 Å². The third-order valence-corrected chi connectivity index (χ3v) is 6.06. The molecule has 0 aliphatic carbocycles. The van der Waals surface area contributed by atoms with Crippen molar-refractivity contribution in [3.8, 4) is 22.1 Å². The van der Waals surface area contributed by atoms with E-state index < -0.39 is 0 Å². The molecule has 164 valence electrons. The molecule has 1 aliphatic heterocycles. The van der Waals surface area contributed by atoms with Gasteiger partial charge in [0.05, 0.1) is 27.4 Å². The van der Waals surface area contributed by atoms with E-state index in [1.807, 2.05) is 18.2 Å². The molecule has 1 fully saturated rings. The van der Waals surface area contributed by atoms with Gasteiger partial charge in [0.1, 0.15) is 10.7 Å². The van der Waals surface area contributed by atoms with Gasteiger partial charge in [-0.25, -0.2) is 4.98 Å². The molecule has 3 rings (SSSR count). The van der Waals surface area contributed by atoms with Crippen LogP contribution in [0, 0.1) is 5.92 Å². The number of ether oxygens (including phenoxy) is 3. The first-order valence-corrected chi connectivity index (χ1v) is 11.2. The average molecular weight is 434 g/mol. The van der Waals surface area contributed by atoms with Gasteiger partial charge in [-0.2, -0.15) is 0 Å². The molecule has 1 amide bonds. The van der Waals surface area contributed by atoms with E-state index in [1.165, 1.54) is 11.3 Å². The van der Waals surface area contributed by atoms with Crippen LogP contribution in [0.3, 0.4) is 0 Å². The minimum Gasteiger partial charge on any atom is -0.493 e. The molecule has 30 heavy (non-hydrogen) atoms. The van der Waals surface area contributed by atoms with E-state index in [9.17, 15) is 4.79 Å².